The van der Waals surface area contributed by atoms with Crippen molar-refractivity contribution in [3.63, 3.8) is 0 Å². The smallest absolute Gasteiger partial charge is 0.118 e. The molecule has 0 amide bonds. The summed E-state index contributed by atoms with van der Waals surface area (Å²) in [5.41, 5.74) is 0.938. The molecule has 0 aromatic heterocycles. The molecule has 0 aliphatic rings. The third kappa shape index (κ3) is 5.24. The van der Waals surface area contributed by atoms with Crippen molar-refractivity contribution in [3.05, 3.63) is 64.6 Å². The van der Waals surface area contributed by atoms with E-state index in [1.165, 1.54) is 0 Å². The summed E-state index contributed by atoms with van der Waals surface area (Å²) in [5, 5.41) is 0. The molecule has 0 heterocycles. The number of benzene rings is 2. The van der Waals surface area contributed by atoms with Crippen LogP contribution in [0.1, 0.15) is 5.56 Å². The van der Waals surface area contributed by atoms with Crippen LogP contribution in [0.4, 0.5) is 0 Å². The fourth-order valence-corrected chi connectivity index (χ4v) is 1.37. The largest absolute Gasteiger partial charge is 0.497 e. The van der Waals surface area contributed by atoms with Crippen molar-refractivity contribution in [2.75, 3.05) is 7.11 Å². The van der Waals surface area contributed by atoms with Gasteiger partial charge in [-0.05, 0) is 36.4 Å². The van der Waals surface area contributed by atoms with E-state index in [-0.39, 0.29) is 0 Å². The highest BCUT2D eigenvalue weighted by Crippen LogP contribution is 2.14. The third-order valence-corrected chi connectivity index (χ3v) is 2.52. The summed E-state index contributed by atoms with van der Waals surface area (Å²) in [7, 11) is 1.66. The second-order valence-electron chi connectivity index (χ2n) is 3.17. The van der Waals surface area contributed by atoms with Gasteiger partial charge in [0.05, 0.1) is 7.11 Å². The van der Waals surface area contributed by atoms with Crippen molar-refractivity contribution in [3.8, 4) is 18.1 Å². The van der Waals surface area contributed by atoms with E-state index in [9.17, 15) is 0 Å². The second-order valence-corrected chi connectivity index (χ2v) is 4.08. The summed E-state index contributed by atoms with van der Waals surface area (Å²) >= 11 is 3.32. The summed E-state index contributed by atoms with van der Waals surface area (Å²) in [4.78, 5) is 0. The minimum Gasteiger partial charge on any atom is -0.497 e. The molecule has 86 valence electrons. The van der Waals surface area contributed by atoms with E-state index < -0.39 is 0 Å². The first-order valence-corrected chi connectivity index (χ1v) is 5.87. The molecule has 0 spiro atoms. The number of hydrogen-bond acceptors (Lipinski definition) is 1. The van der Waals surface area contributed by atoms with Crippen LogP contribution < -0.4 is 4.74 Å². The van der Waals surface area contributed by atoms with Gasteiger partial charge in [-0.15, -0.1) is 6.42 Å². The fraction of sp³-hybridized carbons (Fsp3) is 0.0667. The van der Waals surface area contributed by atoms with Crippen LogP contribution in [0.2, 0.25) is 0 Å². The number of ether oxygens (including phenoxy) is 1. The summed E-state index contributed by atoms with van der Waals surface area (Å²) < 4.78 is 6.02. The molecule has 2 heteroatoms. The molecule has 0 radical (unpaired) electrons. The maximum absolute atomic E-state index is 5.10. The van der Waals surface area contributed by atoms with Crippen LogP contribution in [0.25, 0.3) is 0 Å². The predicted molar refractivity (Wildman–Crippen MR) is 75.1 cm³/mol. The Kier molecular flexibility index (Phi) is 5.92. The first-order valence-electron chi connectivity index (χ1n) is 5.07. The van der Waals surface area contributed by atoms with Gasteiger partial charge in [-0.2, -0.15) is 0 Å². The molecule has 0 saturated carbocycles. The molecular weight excluding hydrogens is 276 g/mol. The van der Waals surface area contributed by atoms with E-state index >= 15 is 0 Å². The van der Waals surface area contributed by atoms with Crippen molar-refractivity contribution in [1.29, 1.82) is 0 Å². The van der Waals surface area contributed by atoms with Crippen molar-refractivity contribution in [1.82, 2.24) is 0 Å². The molecule has 2 rings (SSSR count). The van der Waals surface area contributed by atoms with Gasteiger partial charge in [0.2, 0.25) is 0 Å². The Morgan fingerprint density at radius 3 is 2.00 bits per heavy atom. The fourth-order valence-electron chi connectivity index (χ4n) is 1.11. The van der Waals surface area contributed by atoms with Gasteiger partial charge in [0, 0.05) is 10.0 Å². The zero-order valence-corrected chi connectivity index (χ0v) is 11.1. The molecule has 0 aliphatic heterocycles. The Morgan fingerprint density at radius 2 is 1.59 bits per heavy atom. The molecule has 0 unspecified atom stereocenters. The van der Waals surface area contributed by atoms with Crippen molar-refractivity contribution >= 4 is 15.9 Å². The number of terminal acetylenes is 1. The van der Waals surface area contributed by atoms with Crippen molar-refractivity contribution in [2.45, 2.75) is 0 Å². The molecule has 2 aromatic carbocycles. The van der Waals surface area contributed by atoms with Crippen molar-refractivity contribution in [2.24, 2.45) is 0 Å². The minimum absolute atomic E-state index is 0.887. The van der Waals surface area contributed by atoms with Crippen LogP contribution in [-0.4, -0.2) is 7.11 Å². The molecule has 0 bridgehead atoms. The lowest BCUT2D eigenvalue weighted by Crippen LogP contribution is -1.79. The topological polar surface area (TPSA) is 9.23 Å². The number of hydrogen-bond donors (Lipinski definition) is 0. The second kappa shape index (κ2) is 7.54. The van der Waals surface area contributed by atoms with E-state index in [0.717, 1.165) is 15.8 Å². The van der Waals surface area contributed by atoms with Gasteiger partial charge in [0.25, 0.3) is 0 Å². The van der Waals surface area contributed by atoms with E-state index in [0.29, 0.717) is 0 Å². The Labute approximate surface area is 111 Å². The average molecular weight is 289 g/mol. The predicted octanol–water partition coefficient (Wildman–Crippen LogP) is 4.13. The number of rotatable bonds is 1. The Morgan fingerprint density at radius 1 is 1.00 bits per heavy atom. The lowest BCUT2D eigenvalue weighted by molar-refractivity contribution is 0.414. The highest BCUT2D eigenvalue weighted by molar-refractivity contribution is 9.10. The zero-order valence-electron chi connectivity index (χ0n) is 9.56. The van der Waals surface area contributed by atoms with E-state index in [2.05, 4.69) is 21.9 Å². The summed E-state index contributed by atoms with van der Waals surface area (Å²) in [5.74, 6) is 3.41. The third-order valence-electron chi connectivity index (χ3n) is 1.99. The standard InChI is InChI=1S/C8H6.C7H7BrO/c1-2-8-6-4-3-5-7-8;1-9-7-4-2-6(8)3-5-7/h1,3-7H;2-5H,1H3. The molecule has 2 aromatic rings. The Balaban J connectivity index is 0.000000171. The highest BCUT2D eigenvalue weighted by Gasteiger charge is 1.86. The van der Waals surface area contributed by atoms with Gasteiger partial charge >= 0.3 is 0 Å². The van der Waals surface area contributed by atoms with Gasteiger partial charge in [-0.3, -0.25) is 0 Å². The molecule has 1 nitrogen and oxygen atoms in total. The average Bonchev–Trinajstić information content (AvgIpc) is 2.41. The van der Waals surface area contributed by atoms with Crippen LogP contribution in [0.5, 0.6) is 5.75 Å². The molecular formula is C15H13BrO. The Hall–Kier alpha value is -1.72. The maximum atomic E-state index is 5.10. The highest BCUT2D eigenvalue weighted by atomic mass is 79.9. The lowest BCUT2D eigenvalue weighted by Gasteiger charge is -1.96. The van der Waals surface area contributed by atoms with E-state index in [4.69, 9.17) is 11.2 Å². The molecule has 17 heavy (non-hydrogen) atoms. The molecule has 0 fully saturated rings. The maximum Gasteiger partial charge on any atom is 0.118 e. The molecule has 0 saturated heterocycles. The van der Waals surface area contributed by atoms with Crippen LogP contribution in [0.3, 0.4) is 0 Å². The summed E-state index contributed by atoms with van der Waals surface area (Å²) in [6, 6.07) is 17.3. The van der Waals surface area contributed by atoms with Gasteiger partial charge in [-0.1, -0.05) is 40.0 Å². The summed E-state index contributed by atoms with van der Waals surface area (Å²) in [6.07, 6.45) is 5.10. The van der Waals surface area contributed by atoms with Gasteiger partial charge in [-0.25, -0.2) is 0 Å². The Bertz CT molecular complexity index is 469. The SMILES string of the molecule is C#Cc1ccccc1.COc1ccc(Br)cc1. The normalized spacial score (nSPS) is 8.53. The number of methoxy groups -OCH3 is 1. The van der Waals surface area contributed by atoms with E-state index in [1.807, 2.05) is 54.6 Å². The molecule has 0 N–H and O–H groups in total. The first-order chi connectivity index (χ1) is 8.26. The quantitative estimate of drug-likeness (QED) is 0.717. The van der Waals surface area contributed by atoms with Crippen molar-refractivity contribution < 1.29 is 4.74 Å². The minimum atomic E-state index is 0.887. The summed E-state index contributed by atoms with van der Waals surface area (Å²) in [6.45, 7) is 0. The van der Waals surface area contributed by atoms with Crippen LogP contribution in [0.15, 0.2) is 59.1 Å². The lowest BCUT2D eigenvalue weighted by atomic mass is 10.2. The first kappa shape index (κ1) is 13.3. The monoisotopic (exact) mass is 288 g/mol. The molecule has 0 aliphatic carbocycles. The van der Waals surface area contributed by atoms with Gasteiger partial charge in [0.15, 0.2) is 0 Å². The molecule has 0 atom stereocenters. The van der Waals surface area contributed by atoms with Crippen LogP contribution in [-0.2, 0) is 0 Å². The van der Waals surface area contributed by atoms with E-state index in [1.54, 1.807) is 7.11 Å². The number of halogens is 1. The zero-order chi connectivity index (χ0) is 12.5. The van der Waals surface area contributed by atoms with Gasteiger partial charge in [0.1, 0.15) is 5.75 Å². The van der Waals surface area contributed by atoms with Crippen LogP contribution in [0, 0.1) is 12.3 Å². The van der Waals surface area contributed by atoms with Crippen LogP contribution >= 0.6 is 15.9 Å². The van der Waals surface area contributed by atoms with Gasteiger partial charge < -0.3 is 4.74 Å².